The number of carbonyl (C=O) groups excluding carboxylic acids is 1. The molecule has 2 N–H and O–H groups in total. The van der Waals surface area contributed by atoms with E-state index in [0.29, 0.717) is 12.2 Å². The van der Waals surface area contributed by atoms with Crippen LogP contribution in [0.1, 0.15) is 10.4 Å². The standard InChI is InChI=1S/C7H6N2O3S/c8-9-13-12-7(11)5-3-1-2-4-6(5)10/h1-4,8,10H. The second-order valence-electron chi connectivity index (χ2n) is 2.05. The molecule has 0 bridgehead atoms. The van der Waals surface area contributed by atoms with E-state index < -0.39 is 5.97 Å². The molecule has 0 aliphatic rings. The highest BCUT2D eigenvalue weighted by Gasteiger charge is 2.11. The Balaban J connectivity index is 2.76. The van der Waals surface area contributed by atoms with Gasteiger partial charge in [0.2, 0.25) is 12.2 Å². The van der Waals surface area contributed by atoms with Crippen molar-refractivity contribution in [3.8, 4) is 5.75 Å². The van der Waals surface area contributed by atoms with Gasteiger partial charge in [0, 0.05) is 0 Å². The molecule has 6 heteroatoms. The zero-order chi connectivity index (χ0) is 9.68. The molecule has 1 aromatic carbocycles. The average molecular weight is 198 g/mol. The summed E-state index contributed by atoms with van der Waals surface area (Å²) < 4.78 is 7.19. The third-order valence-corrected chi connectivity index (χ3v) is 1.57. The Bertz CT molecular complexity index is 329. The molecule has 0 amide bonds. The Morgan fingerprint density at radius 1 is 1.54 bits per heavy atom. The van der Waals surface area contributed by atoms with Crippen molar-refractivity contribution in [2.75, 3.05) is 0 Å². The fraction of sp³-hybridized carbons (Fsp3) is 0. The van der Waals surface area contributed by atoms with Crippen molar-refractivity contribution in [1.29, 1.82) is 5.53 Å². The molecule has 5 nitrogen and oxygen atoms in total. The number of hydrogen-bond acceptors (Lipinski definition) is 6. The minimum Gasteiger partial charge on any atom is -0.507 e. The average Bonchev–Trinajstić information content (AvgIpc) is 2.15. The second kappa shape index (κ2) is 4.46. The first-order valence-electron chi connectivity index (χ1n) is 3.28. The first-order valence-corrected chi connectivity index (χ1v) is 3.98. The number of nitrogens with one attached hydrogen (secondary N) is 1. The van der Waals surface area contributed by atoms with E-state index in [2.05, 4.69) is 8.70 Å². The summed E-state index contributed by atoms with van der Waals surface area (Å²) in [7, 11) is 0. The minimum atomic E-state index is -0.723. The third kappa shape index (κ3) is 2.45. The van der Waals surface area contributed by atoms with Crippen molar-refractivity contribution >= 4 is 18.2 Å². The van der Waals surface area contributed by atoms with Gasteiger partial charge in [0.05, 0.1) is 0 Å². The summed E-state index contributed by atoms with van der Waals surface area (Å²) in [5.74, 6) is -0.878. The lowest BCUT2D eigenvalue weighted by Crippen LogP contribution is -1.98. The predicted molar refractivity (Wildman–Crippen MR) is 46.3 cm³/mol. The van der Waals surface area contributed by atoms with Crippen LogP contribution in [0, 0.1) is 5.53 Å². The molecule has 0 spiro atoms. The lowest BCUT2D eigenvalue weighted by molar-refractivity contribution is 0.0765. The van der Waals surface area contributed by atoms with E-state index in [0.717, 1.165) is 0 Å². The van der Waals surface area contributed by atoms with Gasteiger partial charge >= 0.3 is 5.97 Å². The quantitative estimate of drug-likeness (QED) is 0.442. The summed E-state index contributed by atoms with van der Waals surface area (Å²) in [6.07, 6.45) is 0. The maximum atomic E-state index is 11.1. The van der Waals surface area contributed by atoms with Crippen LogP contribution in [-0.4, -0.2) is 11.1 Å². The van der Waals surface area contributed by atoms with Gasteiger partial charge in [-0.3, -0.25) is 0 Å². The Hall–Kier alpha value is -1.56. The molecule has 1 aromatic rings. The zero-order valence-corrected chi connectivity index (χ0v) is 7.25. The summed E-state index contributed by atoms with van der Waals surface area (Å²) in [4.78, 5) is 11.1. The predicted octanol–water partition coefficient (Wildman–Crippen LogP) is 2.14. The van der Waals surface area contributed by atoms with Gasteiger partial charge in [-0.1, -0.05) is 16.7 Å². The molecule has 0 fully saturated rings. The molecule has 0 aromatic heterocycles. The molecule has 0 heterocycles. The summed E-state index contributed by atoms with van der Waals surface area (Å²) >= 11 is 0.351. The van der Waals surface area contributed by atoms with E-state index in [4.69, 9.17) is 5.53 Å². The Morgan fingerprint density at radius 2 is 2.23 bits per heavy atom. The normalized spacial score (nSPS) is 9.23. The number of rotatable bonds is 3. The van der Waals surface area contributed by atoms with Crippen LogP contribution in [0.3, 0.4) is 0 Å². The minimum absolute atomic E-state index is 0.0543. The fourth-order valence-corrected chi connectivity index (χ4v) is 0.938. The number of hydrogen-bond donors (Lipinski definition) is 2. The Morgan fingerprint density at radius 3 is 2.85 bits per heavy atom. The van der Waals surface area contributed by atoms with E-state index >= 15 is 0 Å². The molecule has 0 unspecified atom stereocenters. The molecule has 0 radical (unpaired) electrons. The highest BCUT2D eigenvalue weighted by molar-refractivity contribution is 7.93. The number of phenols is 1. The topological polar surface area (TPSA) is 82.7 Å². The van der Waals surface area contributed by atoms with Crippen LogP contribution in [0.15, 0.2) is 28.8 Å². The monoisotopic (exact) mass is 198 g/mol. The maximum absolute atomic E-state index is 11.1. The lowest BCUT2D eigenvalue weighted by Gasteiger charge is -2.00. The summed E-state index contributed by atoms with van der Waals surface area (Å²) in [5.41, 5.74) is 6.41. The SMILES string of the molecule is N=NSOC(=O)c1ccccc1O. The van der Waals surface area contributed by atoms with Crippen LogP contribution >= 0.6 is 12.2 Å². The van der Waals surface area contributed by atoms with Crippen molar-refractivity contribution in [3.63, 3.8) is 0 Å². The highest BCUT2D eigenvalue weighted by atomic mass is 32.2. The molecular weight excluding hydrogens is 192 g/mol. The third-order valence-electron chi connectivity index (χ3n) is 1.27. The van der Waals surface area contributed by atoms with Crippen LogP contribution in [0.4, 0.5) is 0 Å². The fourth-order valence-electron chi connectivity index (χ4n) is 0.744. The van der Waals surface area contributed by atoms with Gasteiger partial charge in [-0.2, -0.15) is 5.53 Å². The van der Waals surface area contributed by atoms with Gasteiger partial charge in [0.15, 0.2) is 0 Å². The van der Waals surface area contributed by atoms with E-state index in [1.54, 1.807) is 12.1 Å². The van der Waals surface area contributed by atoms with Crippen molar-refractivity contribution in [1.82, 2.24) is 0 Å². The summed E-state index contributed by atoms with van der Waals surface area (Å²) in [6, 6.07) is 5.98. The van der Waals surface area contributed by atoms with Gasteiger partial charge in [-0.25, -0.2) is 4.79 Å². The van der Waals surface area contributed by atoms with Crippen LogP contribution in [0.5, 0.6) is 5.75 Å². The second-order valence-corrected chi connectivity index (χ2v) is 2.55. The molecular formula is C7H6N2O3S. The van der Waals surface area contributed by atoms with Crippen molar-refractivity contribution in [3.05, 3.63) is 29.8 Å². The van der Waals surface area contributed by atoms with Gasteiger partial charge in [0.25, 0.3) is 0 Å². The highest BCUT2D eigenvalue weighted by Crippen LogP contribution is 2.18. The van der Waals surface area contributed by atoms with Crippen LogP contribution < -0.4 is 0 Å². The number of aromatic hydroxyl groups is 1. The van der Waals surface area contributed by atoms with Gasteiger partial charge in [0.1, 0.15) is 11.3 Å². The van der Waals surface area contributed by atoms with E-state index in [9.17, 15) is 9.90 Å². The summed E-state index contributed by atoms with van der Waals surface area (Å²) in [5, 5.41) is 9.19. The van der Waals surface area contributed by atoms with Gasteiger partial charge < -0.3 is 9.29 Å². The van der Waals surface area contributed by atoms with E-state index in [1.165, 1.54) is 12.1 Å². The number of benzene rings is 1. The first kappa shape index (κ1) is 9.53. The molecule has 68 valence electrons. The largest absolute Gasteiger partial charge is 0.507 e. The molecule has 0 saturated carbocycles. The van der Waals surface area contributed by atoms with Crippen molar-refractivity contribution < 1.29 is 14.1 Å². The van der Waals surface area contributed by atoms with Gasteiger partial charge in [-0.05, 0) is 12.1 Å². The molecule has 0 atom stereocenters. The molecule has 0 aliphatic carbocycles. The zero-order valence-electron chi connectivity index (χ0n) is 6.43. The Labute approximate surface area is 78.6 Å². The number of nitrogens with zero attached hydrogens (tertiary/aromatic N) is 1. The van der Waals surface area contributed by atoms with Crippen LogP contribution in [-0.2, 0) is 4.18 Å². The number of phenolic OH excluding ortho intramolecular Hbond substituents is 1. The van der Waals surface area contributed by atoms with Crippen LogP contribution in [0.2, 0.25) is 0 Å². The molecule has 1 rings (SSSR count). The van der Waals surface area contributed by atoms with Crippen molar-refractivity contribution in [2.24, 2.45) is 4.52 Å². The van der Waals surface area contributed by atoms with Gasteiger partial charge in [-0.15, -0.1) is 0 Å². The number of para-hydroxylation sites is 1. The first-order chi connectivity index (χ1) is 6.25. The Kier molecular flexibility index (Phi) is 3.27. The maximum Gasteiger partial charge on any atom is 0.355 e. The molecule has 13 heavy (non-hydrogen) atoms. The molecule has 0 aliphatic heterocycles. The van der Waals surface area contributed by atoms with Crippen LogP contribution in [0.25, 0.3) is 0 Å². The number of carbonyl (C=O) groups is 1. The molecule has 0 saturated heterocycles. The van der Waals surface area contributed by atoms with Crippen molar-refractivity contribution in [2.45, 2.75) is 0 Å². The lowest BCUT2D eigenvalue weighted by atomic mass is 10.2. The van der Waals surface area contributed by atoms with E-state index in [-0.39, 0.29) is 11.3 Å². The van der Waals surface area contributed by atoms with E-state index in [1.807, 2.05) is 0 Å². The smallest absolute Gasteiger partial charge is 0.355 e. The summed E-state index contributed by atoms with van der Waals surface area (Å²) in [6.45, 7) is 0.